The molecule has 0 bridgehead atoms. The van der Waals surface area contributed by atoms with Crippen molar-refractivity contribution in [3.8, 4) is 0 Å². The summed E-state index contributed by atoms with van der Waals surface area (Å²) < 4.78 is 0. The predicted molar refractivity (Wildman–Crippen MR) is 74.4 cm³/mol. The van der Waals surface area contributed by atoms with E-state index >= 15 is 0 Å². The third-order valence-electron chi connectivity index (χ3n) is 2.98. The molecule has 0 radical (unpaired) electrons. The summed E-state index contributed by atoms with van der Waals surface area (Å²) >= 11 is 1.98. The summed E-state index contributed by atoms with van der Waals surface area (Å²) in [7, 11) is 0. The van der Waals surface area contributed by atoms with E-state index in [-0.39, 0.29) is 0 Å². The fourth-order valence-corrected chi connectivity index (χ4v) is 2.84. The van der Waals surface area contributed by atoms with Crippen LogP contribution in [-0.2, 0) is 12.8 Å². The van der Waals surface area contributed by atoms with Crippen LogP contribution in [0, 0.1) is 0 Å². The van der Waals surface area contributed by atoms with E-state index in [0.717, 1.165) is 6.54 Å². The fraction of sp³-hybridized carbons (Fsp3) is 0.714. The quantitative estimate of drug-likeness (QED) is 0.722. The summed E-state index contributed by atoms with van der Waals surface area (Å²) in [5, 5.41) is 3.61. The van der Waals surface area contributed by atoms with Crippen LogP contribution in [0.4, 0.5) is 0 Å². The lowest BCUT2D eigenvalue weighted by atomic mass is 10.1. The molecule has 0 aliphatic heterocycles. The van der Waals surface area contributed by atoms with Crippen LogP contribution in [0.2, 0.25) is 0 Å². The van der Waals surface area contributed by atoms with Crippen molar-refractivity contribution in [2.75, 3.05) is 6.54 Å². The molecule has 1 N–H and O–H groups in total. The maximum absolute atomic E-state index is 3.61. The molecular formula is C14H25NS. The van der Waals surface area contributed by atoms with Crippen LogP contribution in [0.25, 0.3) is 0 Å². The van der Waals surface area contributed by atoms with E-state index in [4.69, 9.17) is 0 Å². The Morgan fingerprint density at radius 2 is 1.94 bits per heavy atom. The highest BCUT2D eigenvalue weighted by molar-refractivity contribution is 7.11. The molecule has 1 aromatic rings. The topological polar surface area (TPSA) is 12.0 Å². The maximum Gasteiger partial charge on any atom is 0.00678 e. The summed E-state index contributed by atoms with van der Waals surface area (Å²) in [6.07, 6.45) is 6.16. The molecule has 0 aliphatic rings. The molecule has 0 aliphatic carbocycles. The number of thiophene rings is 1. The molecule has 1 unspecified atom stereocenters. The maximum atomic E-state index is 3.61. The Kier molecular flexibility index (Phi) is 6.74. The number of nitrogens with one attached hydrogen (secondary N) is 1. The summed E-state index contributed by atoms with van der Waals surface area (Å²) in [5.41, 5.74) is 0. The van der Waals surface area contributed by atoms with Gasteiger partial charge in [-0.05, 0) is 50.8 Å². The van der Waals surface area contributed by atoms with Gasteiger partial charge in [0.2, 0.25) is 0 Å². The van der Waals surface area contributed by atoms with E-state index in [0.29, 0.717) is 6.04 Å². The molecule has 0 aromatic carbocycles. The van der Waals surface area contributed by atoms with Crippen LogP contribution in [0.5, 0.6) is 0 Å². The van der Waals surface area contributed by atoms with Gasteiger partial charge >= 0.3 is 0 Å². The van der Waals surface area contributed by atoms with Crippen LogP contribution in [-0.4, -0.2) is 12.6 Å². The molecule has 2 heteroatoms. The number of hydrogen-bond donors (Lipinski definition) is 1. The van der Waals surface area contributed by atoms with Crippen molar-refractivity contribution in [3.63, 3.8) is 0 Å². The predicted octanol–water partition coefficient (Wildman–Crippen LogP) is 4.02. The van der Waals surface area contributed by atoms with E-state index < -0.39 is 0 Å². The van der Waals surface area contributed by atoms with Crippen LogP contribution in [0.15, 0.2) is 12.1 Å². The first-order valence-corrected chi connectivity index (χ1v) is 7.42. The standard InChI is InChI=1S/C14H25NS/c1-4-11-15-12(5-2)7-8-14-10-9-13(6-3)16-14/h9-10,12,15H,4-8,11H2,1-3H3. The molecule has 0 saturated carbocycles. The van der Waals surface area contributed by atoms with Gasteiger partial charge in [-0.25, -0.2) is 0 Å². The molecule has 1 heterocycles. The number of rotatable bonds is 8. The van der Waals surface area contributed by atoms with Crippen LogP contribution >= 0.6 is 11.3 Å². The Morgan fingerprint density at radius 1 is 1.19 bits per heavy atom. The zero-order valence-corrected chi connectivity index (χ0v) is 11.7. The first-order valence-electron chi connectivity index (χ1n) is 6.61. The summed E-state index contributed by atoms with van der Waals surface area (Å²) in [6.45, 7) is 7.89. The van der Waals surface area contributed by atoms with Gasteiger partial charge in [-0.3, -0.25) is 0 Å². The Hall–Kier alpha value is -0.340. The van der Waals surface area contributed by atoms with E-state index in [1.807, 2.05) is 11.3 Å². The van der Waals surface area contributed by atoms with Crippen molar-refractivity contribution in [2.45, 2.75) is 58.9 Å². The van der Waals surface area contributed by atoms with Crippen LogP contribution in [0.3, 0.4) is 0 Å². The number of aryl methyl sites for hydroxylation is 2. The molecule has 0 fully saturated rings. The molecule has 0 spiro atoms. The smallest absolute Gasteiger partial charge is 0.00678 e. The van der Waals surface area contributed by atoms with E-state index in [2.05, 4.69) is 38.2 Å². The highest BCUT2D eigenvalue weighted by Crippen LogP contribution is 2.19. The molecule has 16 heavy (non-hydrogen) atoms. The molecule has 1 nitrogen and oxygen atoms in total. The average molecular weight is 239 g/mol. The van der Waals surface area contributed by atoms with Gasteiger partial charge in [0.05, 0.1) is 0 Å². The van der Waals surface area contributed by atoms with Gasteiger partial charge in [-0.15, -0.1) is 11.3 Å². The first-order chi connectivity index (χ1) is 7.80. The van der Waals surface area contributed by atoms with Crippen molar-refractivity contribution in [2.24, 2.45) is 0 Å². The lowest BCUT2D eigenvalue weighted by molar-refractivity contribution is 0.469. The minimum absolute atomic E-state index is 0.701. The Morgan fingerprint density at radius 3 is 2.50 bits per heavy atom. The molecule has 0 saturated heterocycles. The lowest BCUT2D eigenvalue weighted by Gasteiger charge is -2.15. The monoisotopic (exact) mass is 239 g/mol. The van der Waals surface area contributed by atoms with Gasteiger partial charge in [-0.1, -0.05) is 20.8 Å². The van der Waals surface area contributed by atoms with Crippen molar-refractivity contribution in [3.05, 3.63) is 21.9 Å². The van der Waals surface area contributed by atoms with Gasteiger partial charge in [0.25, 0.3) is 0 Å². The molecule has 92 valence electrons. The minimum Gasteiger partial charge on any atom is -0.314 e. The zero-order chi connectivity index (χ0) is 11.8. The van der Waals surface area contributed by atoms with Gasteiger partial charge in [0.15, 0.2) is 0 Å². The lowest BCUT2D eigenvalue weighted by Crippen LogP contribution is -2.29. The second-order valence-corrected chi connectivity index (χ2v) is 5.57. The highest BCUT2D eigenvalue weighted by Gasteiger charge is 2.06. The van der Waals surface area contributed by atoms with Crippen LogP contribution < -0.4 is 5.32 Å². The normalized spacial score (nSPS) is 12.9. The third kappa shape index (κ3) is 4.67. The molecule has 1 rings (SSSR count). The second-order valence-electron chi connectivity index (χ2n) is 4.32. The molecule has 1 aromatic heterocycles. The van der Waals surface area contributed by atoms with E-state index in [1.54, 1.807) is 4.88 Å². The van der Waals surface area contributed by atoms with Crippen LogP contribution in [0.1, 0.15) is 49.8 Å². The van der Waals surface area contributed by atoms with Gasteiger partial charge in [0, 0.05) is 15.8 Å². The second kappa shape index (κ2) is 7.86. The third-order valence-corrected chi connectivity index (χ3v) is 4.27. The van der Waals surface area contributed by atoms with Crippen molar-refractivity contribution >= 4 is 11.3 Å². The van der Waals surface area contributed by atoms with Crippen molar-refractivity contribution in [1.29, 1.82) is 0 Å². The summed E-state index contributed by atoms with van der Waals surface area (Å²) in [4.78, 5) is 3.07. The van der Waals surface area contributed by atoms with Crippen molar-refractivity contribution < 1.29 is 0 Å². The largest absolute Gasteiger partial charge is 0.314 e. The summed E-state index contributed by atoms with van der Waals surface area (Å²) in [5.74, 6) is 0. The average Bonchev–Trinajstić information content (AvgIpc) is 2.77. The molecule has 0 amide bonds. The van der Waals surface area contributed by atoms with Crippen molar-refractivity contribution in [1.82, 2.24) is 5.32 Å². The molecule has 1 atom stereocenters. The minimum atomic E-state index is 0.701. The summed E-state index contributed by atoms with van der Waals surface area (Å²) in [6, 6.07) is 5.28. The van der Waals surface area contributed by atoms with Gasteiger partial charge < -0.3 is 5.32 Å². The van der Waals surface area contributed by atoms with E-state index in [1.165, 1.54) is 37.0 Å². The fourth-order valence-electron chi connectivity index (χ4n) is 1.86. The zero-order valence-electron chi connectivity index (χ0n) is 10.9. The van der Waals surface area contributed by atoms with Gasteiger partial charge in [-0.2, -0.15) is 0 Å². The number of hydrogen-bond acceptors (Lipinski definition) is 2. The Bertz CT molecular complexity index is 280. The first kappa shape index (κ1) is 13.7. The van der Waals surface area contributed by atoms with E-state index in [9.17, 15) is 0 Å². The molecular weight excluding hydrogens is 214 g/mol. The Labute approximate surface area is 104 Å². The SMILES string of the molecule is CCCNC(CC)CCc1ccc(CC)s1. The van der Waals surface area contributed by atoms with Gasteiger partial charge in [0.1, 0.15) is 0 Å². The Balaban J connectivity index is 2.31. The highest BCUT2D eigenvalue weighted by atomic mass is 32.1.